The molecule has 1 N–H and O–H groups in total. The van der Waals surface area contributed by atoms with Crippen LogP contribution in [0, 0.1) is 17.2 Å². The van der Waals surface area contributed by atoms with E-state index in [-0.39, 0.29) is 18.4 Å². The van der Waals surface area contributed by atoms with Gasteiger partial charge in [-0.15, -0.1) is 11.3 Å². The van der Waals surface area contributed by atoms with Crippen LogP contribution in [0.4, 0.5) is 0 Å². The first-order chi connectivity index (χ1) is 9.96. The van der Waals surface area contributed by atoms with Gasteiger partial charge in [0.05, 0.1) is 11.5 Å². The van der Waals surface area contributed by atoms with Crippen molar-refractivity contribution < 1.29 is 9.53 Å². The van der Waals surface area contributed by atoms with Gasteiger partial charge in [0.15, 0.2) is 6.61 Å². The molecule has 0 aliphatic heterocycles. The van der Waals surface area contributed by atoms with Crippen LogP contribution in [0.25, 0.3) is 10.2 Å². The van der Waals surface area contributed by atoms with Gasteiger partial charge in [0.2, 0.25) is 5.88 Å². The molecule has 2 heterocycles. The molecule has 0 saturated carbocycles. The summed E-state index contributed by atoms with van der Waals surface area (Å²) in [5.74, 6) is 0.0171. The molecule has 1 atom stereocenters. The summed E-state index contributed by atoms with van der Waals surface area (Å²) < 4.78 is 5.44. The second-order valence-corrected chi connectivity index (χ2v) is 6.02. The van der Waals surface area contributed by atoms with Crippen LogP contribution in [0.2, 0.25) is 0 Å². The van der Waals surface area contributed by atoms with Crippen molar-refractivity contribution in [2.45, 2.75) is 26.3 Å². The SMILES string of the molecule is CC(C)C(C)(C#N)NC(=O)COc1ncnc2sccc12. The summed E-state index contributed by atoms with van der Waals surface area (Å²) in [6.07, 6.45) is 1.40. The molecule has 0 saturated heterocycles. The van der Waals surface area contributed by atoms with Gasteiger partial charge in [-0.2, -0.15) is 5.26 Å². The molecule has 21 heavy (non-hydrogen) atoms. The lowest BCUT2D eigenvalue weighted by atomic mass is 9.90. The predicted octanol–water partition coefficient (Wildman–Crippen LogP) is 2.12. The molecular formula is C14H16N4O2S. The molecular weight excluding hydrogens is 288 g/mol. The Hall–Kier alpha value is -2.20. The van der Waals surface area contributed by atoms with Gasteiger partial charge in [0.1, 0.15) is 16.7 Å². The molecule has 110 valence electrons. The van der Waals surface area contributed by atoms with E-state index >= 15 is 0 Å². The van der Waals surface area contributed by atoms with Crippen LogP contribution in [0.1, 0.15) is 20.8 Å². The third-order valence-corrected chi connectivity index (χ3v) is 4.17. The Labute approximate surface area is 126 Å². The fourth-order valence-electron chi connectivity index (χ4n) is 1.64. The van der Waals surface area contributed by atoms with E-state index in [0.717, 1.165) is 10.2 Å². The average Bonchev–Trinajstić information content (AvgIpc) is 2.93. The van der Waals surface area contributed by atoms with Crippen LogP contribution in [0.3, 0.4) is 0 Å². The minimum Gasteiger partial charge on any atom is -0.467 e. The zero-order valence-electron chi connectivity index (χ0n) is 12.1. The van der Waals surface area contributed by atoms with Crippen molar-refractivity contribution in [3.05, 3.63) is 17.8 Å². The molecule has 0 fully saturated rings. The number of amides is 1. The van der Waals surface area contributed by atoms with E-state index < -0.39 is 5.54 Å². The average molecular weight is 304 g/mol. The molecule has 0 aliphatic carbocycles. The Bertz CT molecular complexity index is 692. The molecule has 2 aromatic rings. The first kappa shape index (κ1) is 15.2. The molecule has 0 bridgehead atoms. The van der Waals surface area contributed by atoms with Gasteiger partial charge in [0, 0.05) is 0 Å². The highest BCUT2D eigenvalue weighted by Crippen LogP contribution is 2.25. The molecule has 2 aromatic heterocycles. The number of ether oxygens (including phenoxy) is 1. The van der Waals surface area contributed by atoms with Crippen LogP contribution < -0.4 is 10.1 Å². The van der Waals surface area contributed by atoms with Crippen molar-refractivity contribution in [1.29, 1.82) is 5.26 Å². The first-order valence-electron chi connectivity index (χ1n) is 6.49. The molecule has 2 rings (SSSR count). The summed E-state index contributed by atoms with van der Waals surface area (Å²) in [6.45, 7) is 5.26. The van der Waals surface area contributed by atoms with Crippen LogP contribution in [-0.2, 0) is 4.79 Å². The van der Waals surface area contributed by atoms with E-state index in [0.29, 0.717) is 5.88 Å². The number of hydrogen-bond acceptors (Lipinski definition) is 6. The van der Waals surface area contributed by atoms with E-state index in [1.165, 1.54) is 17.7 Å². The summed E-state index contributed by atoms with van der Waals surface area (Å²) in [5, 5.41) is 14.5. The van der Waals surface area contributed by atoms with Gasteiger partial charge in [0.25, 0.3) is 5.91 Å². The largest absolute Gasteiger partial charge is 0.467 e. The van der Waals surface area contributed by atoms with E-state index in [1.54, 1.807) is 6.92 Å². The number of rotatable bonds is 5. The molecule has 0 spiro atoms. The fraction of sp³-hybridized carbons (Fsp3) is 0.429. The Morgan fingerprint density at radius 3 is 3.00 bits per heavy atom. The minimum atomic E-state index is -0.913. The monoisotopic (exact) mass is 304 g/mol. The van der Waals surface area contributed by atoms with Crippen molar-refractivity contribution in [2.24, 2.45) is 5.92 Å². The van der Waals surface area contributed by atoms with Crippen LogP contribution in [0.5, 0.6) is 5.88 Å². The number of aromatic nitrogens is 2. The van der Waals surface area contributed by atoms with Gasteiger partial charge in [-0.3, -0.25) is 4.79 Å². The summed E-state index contributed by atoms with van der Waals surface area (Å²) in [5.41, 5.74) is -0.913. The number of nitrogens with zero attached hydrogens (tertiary/aromatic N) is 3. The Morgan fingerprint density at radius 2 is 2.33 bits per heavy atom. The van der Waals surface area contributed by atoms with Gasteiger partial charge >= 0.3 is 0 Å². The lowest BCUT2D eigenvalue weighted by Gasteiger charge is -2.27. The maximum Gasteiger partial charge on any atom is 0.259 e. The maximum atomic E-state index is 11.9. The highest BCUT2D eigenvalue weighted by atomic mass is 32.1. The Balaban J connectivity index is 2.02. The standard InChI is InChI=1S/C14H16N4O2S/c1-9(2)14(3,7-15)18-11(19)6-20-12-10-4-5-21-13(10)17-8-16-12/h4-5,8-9H,6H2,1-3H3,(H,18,19). The van der Waals surface area contributed by atoms with E-state index in [2.05, 4.69) is 21.4 Å². The van der Waals surface area contributed by atoms with Gasteiger partial charge < -0.3 is 10.1 Å². The summed E-state index contributed by atoms with van der Waals surface area (Å²) in [7, 11) is 0. The van der Waals surface area contributed by atoms with Crippen LogP contribution in [-0.4, -0.2) is 28.0 Å². The normalized spacial score (nSPS) is 13.7. The highest BCUT2D eigenvalue weighted by Gasteiger charge is 2.30. The number of carbonyl (C=O) groups is 1. The molecule has 1 unspecified atom stereocenters. The summed E-state index contributed by atoms with van der Waals surface area (Å²) >= 11 is 1.48. The van der Waals surface area contributed by atoms with Crippen LogP contribution in [0.15, 0.2) is 17.8 Å². The smallest absolute Gasteiger partial charge is 0.259 e. The molecule has 7 heteroatoms. The minimum absolute atomic E-state index is 0.00548. The molecule has 1 amide bonds. The first-order valence-corrected chi connectivity index (χ1v) is 7.37. The third-order valence-electron chi connectivity index (χ3n) is 3.35. The maximum absolute atomic E-state index is 11.9. The molecule has 0 aliphatic rings. The molecule has 0 aromatic carbocycles. The number of thiophene rings is 1. The van der Waals surface area contributed by atoms with Crippen molar-refractivity contribution in [2.75, 3.05) is 6.61 Å². The second kappa shape index (κ2) is 6.06. The topological polar surface area (TPSA) is 87.9 Å². The number of fused-ring (bicyclic) bond motifs is 1. The van der Waals surface area contributed by atoms with E-state index in [1.807, 2.05) is 25.3 Å². The van der Waals surface area contributed by atoms with Crippen LogP contribution >= 0.6 is 11.3 Å². The fourth-order valence-corrected chi connectivity index (χ4v) is 2.37. The van der Waals surface area contributed by atoms with Crippen molar-refractivity contribution in [3.63, 3.8) is 0 Å². The van der Waals surface area contributed by atoms with Gasteiger partial charge in [-0.1, -0.05) is 13.8 Å². The van der Waals surface area contributed by atoms with Crippen molar-refractivity contribution in [1.82, 2.24) is 15.3 Å². The van der Waals surface area contributed by atoms with E-state index in [9.17, 15) is 10.1 Å². The Kier molecular flexibility index (Phi) is 4.38. The number of hydrogen-bond donors (Lipinski definition) is 1. The Morgan fingerprint density at radius 1 is 1.57 bits per heavy atom. The predicted molar refractivity (Wildman–Crippen MR) is 79.9 cm³/mol. The van der Waals surface area contributed by atoms with Gasteiger partial charge in [-0.05, 0) is 24.3 Å². The zero-order chi connectivity index (χ0) is 15.5. The second-order valence-electron chi connectivity index (χ2n) is 5.12. The third kappa shape index (κ3) is 3.28. The summed E-state index contributed by atoms with van der Waals surface area (Å²) in [6, 6.07) is 3.97. The van der Waals surface area contributed by atoms with Crippen molar-refractivity contribution in [3.8, 4) is 11.9 Å². The van der Waals surface area contributed by atoms with E-state index in [4.69, 9.17) is 4.74 Å². The quantitative estimate of drug-likeness (QED) is 0.914. The number of nitrogens with one attached hydrogen (secondary N) is 1. The zero-order valence-corrected chi connectivity index (χ0v) is 12.9. The number of nitriles is 1. The van der Waals surface area contributed by atoms with Gasteiger partial charge in [-0.25, -0.2) is 9.97 Å². The number of carbonyl (C=O) groups excluding carboxylic acids is 1. The highest BCUT2D eigenvalue weighted by molar-refractivity contribution is 7.16. The molecule has 0 radical (unpaired) electrons. The lowest BCUT2D eigenvalue weighted by Crippen LogP contribution is -2.50. The molecule has 6 nitrogen and oxygen atoms in total. The lowest BCUT2D eigenvalue weighted by molar-refractivity contribution is -0.124. The van der Waals surface area contributed by atoms with Crippen molar-refractivity contribution >= 4 is 27.5 Å². The summed E-state index contributed by atoms with van der Waals surface area (Å²) in [4.78, 5) is 20.9.